The van der Waals surface area contributed by atoms with Crippen LogP contribution in [0.2, 0.25) is 0 Å². The molecule has 0 atom stereocenters. The van der Waals surface area contributed by atoms with Crippen molar-refractivity contribution in [2.45, 2.75) is 68.4 Å². The zero-order chi connectivity index (χ0) is 33.1. The first-order valence-corrected chi connectivity index (χ1v) is 10.8. The van der Waals surface area contributed by atoms with E-state index in [1.807, 2.05) is 6.92 Å². The number of carbonyl (C=O) groups is 3. The van der Waals surface area contributed by atoms with Crippen LogP contribution in [0.3, 0.4) is 0 Å². The molecule has 0 aliphatic heterocycles. The predicted octanol–water partition coefficient (Wildman–Crippen LogP) is 6.76. The third-order valence-corrected chi connectivity index (χ3v) is 4.47. The van der Waals surface area contributed by atoms with Gasteiger partial charge in [-0.2, -0.15) is 57.1 Å². The van der Waals surface area contributed by atoms with Crippen LogP contribution < -0.4 is 0 Å². The number of carbonyl (C=O) groups excluding carboxylic acids is 2. The Bertz CT molecular complexity index is 956. The van der Waals surface area contributed by atoms with Crippen LogP contribution in [-0.2, 0) is 23.9 Å². The van der Waals surface area contributed by atoms with Crippen molar-refractivity contribution in [2.75, 3.05) is 13.2 Å². The minimum atomic E-state index is -7.94. The molecule has 1 N–H and O–H groups in total. The van der Waals surface area contributed by atoms with Crippen LogP contribution in [0, 0.1) is 0 Å². The van der Waals surface area contributed by atoms with Gasteiger partial charge in [0.1, 0.15) is 0 Å². The van der Waals surface area contributed by atoms with E-state index in [9.17, 15) is 71.5 Å². The number of unbranched alkanes of at least 4 members (excludes halogenated alkanes) is 1. The van der Waals surface area contributed by atoms with E-state index in [1.54, 1.807) is 0 Å². The van der Waals surface area contributed by atoms with Gasteiger partial charge in [-0.1, -0.05) is 32.6 Å². The first-order valence-electron chi connectivity index (χ1n) is 10.8. The molecule has 41 heavy (non-hydrogen) atoms. The average molecular weight is 630 g/mol. The Hall–Kier alpha value is -3.28. The minimum absolute atomic E-state index is 0.206. The van der Waals surface area contributed by atoms with E-state index in [1.165, 1.54) is 6.08 Å². The van der Waals surface area contributed by atoms with E-state index in [-0.39, 0.29) is 12.0 Å². The van der Waals surface area contributed by atoms with Gasteiger partial charge in [0.25, 0.3) is 0 Å². The maximum absolute atomic E-state index is 13.2. The van der Waals surface area contributed by atoms with Crippen molar-refractivity contribution in [1.29, 1.82) is 0 Å². The standard InChI is InChI=1S/C11H7F13O2.C11H16O4/c1-2-5(25)26-4-3-6(12,13)7(14,15)8(16,17)9(18,19)10(20,21)11(22,23)24;1-3-4-8-15-11(14)9(2)6-5-7-10(12)13/h2H,1,3-4H2;5,7H,2-4,6,8H2,1H3,(H,12,13). The summed E-state index contributed by atoms with van der Waals surface area (Å²) in [4.78, 5) is 31.8. The van der Waals surface area contributed by atoms with Crippen molar-refractivity contribution in [3.63, 3.8) is 0 Å². The highest BCUT2D eigenvalue weighted by Gasteiger charge is 2.90. The normalized spacial score (nSPS) is 13.2. The fourth-order valence-corrected chi connectivity index (χ4v) is 2.09. The third kappa shape index (κ3) is 10.2. The van der Waals surface area contributed by atoms with E-state index in [2.05, 4.69) is 17.9 Å². The first-order chi connectivity index (χ1) is 18.3. The van der Waals surface area contributed by atoms with E-state index in [4.69, 9.17) is 9.84 Å². The van der Waals surface area contributed by atoms with Crippen LogP contribution in [0.1, 0.15) is 32.6 Å². The Labute approximate surface area is 223 Å². The van der Waals surface area contributed by atoms with Crippen LogP contribution in [0.15, 0.2) is 37.0 Å². The van der Waals surface area contributed by atoms with Crippen LogP contribution in [-0.4, -0.2) is 72.0 Å². The number of carboxylic acid groups (broad SMARTS) is 1. The molecule has 0 unspecified atom stereocenters. The van der Waals surface area contributed by atoms with Crippen molar-refractivity contribution in [1.82, 2.24) is 0 Å². The second-order valence-electron chi connectivity index (χ2n) is 7.66. The summed E-state index contributed by atoms with van der Waals surface area (Å²) in [6.45, 7) is 6.84. The largest absolute Gasteiger partial charge is 0.478 e. The number of hydrogen-bond donors (Lipinski definition) is 1. The summed E-state index contributed by atoms with van der Waals surface area (Å²) in [6.07, 6.45) is -5.41. The zero-order valence-electron chi connectivity index (χ0n) is 20.8. The van der Waals surface area contributed by atoms with Crippen LogP contribution in [0.25, 0.3) is 0 Å². The molecule has 0 aromatic heterocycles. The van der Waals surface area contributed by atoms with Crippen molar-refractivity contribution in [2.24, 2.45) is 0 Å². The van der Waals surface area contributed by atoms with Gasteiger partial charge in [0.15, 0.2) is 0 Å². The lowest BCUT2D eigenvalue weighted by Gasteiger charge is -2.39. The molecule has 0 aromatic carbocycles. The van der Waals surface area contributed by atoms with Gasteiger partial charge in [0, 0.05) is 17.7 Å². The van der Waals surface area contributed by atoms with E-state index in [0.717, 1.165) is 18.9 Å². The number of halogens is 13. The number of rotatable bonds is 15. The zero-order valence-corrected chi connectivity index (χ0v) is 20.8. The highest BCUT2D eigenvalue weighted by molar-refractivity contribution is 5.88. The van der Waals surface area contributed by atoms with Gasteiger partial charge in [-0.25, -0.2) is 14.4 Å². The second-order valence-corrected chi connectivity index (χ2v) is 7.66. The van der Waals surface area contributed by atoms with Gasteiger partial charge in [-0.05, 0) is 12.8 Å². The summed E-state index contributed by atoms with van der Waals surface area (Å²) in [7, 11) is 0. The molecule has 0 heterocycles. The lowest BCUT2D eigenvalue weighted by atomic mass is 9.93. The Morgan fingerprint density at radius 3 is 1.68 bits per heavy atom. The smallest absolute Gasteiger partial charge is 0.460 e. The lowest BCUT2D eigenvalue weighted by molar-refractivity contribution is -0.440. The molecule has 6 nitrogen and oxygen atoms in total. The van der Waals surface area contributed by atoms with Crippen LogP contribution in [0.5, 0.6) is 0 Å². The summed E-state index contributed by atoms with van der Waals surface area (Å²) in [5.74, 6) is -40.2. The number of hydrogen-bond acceptors (Lipinski definition) is 5. The van der Waals surface area contributed by atoms with Crippen molar-refractivity contribution in [3.8, 4) is 0 Å². The summed E-state index contributed by atoms with van der Waals surface area (Å²) >= 11 is 0. The monoisotopic (exact) mass is 630 g/mol. The summed E-state index contributed by atoms with van der Waals surface area (Å²) < 4.78 is 174. The van der Waals surface area contributed by atoms with Gasteiger partial charge >= 0.3 is 53.7 Å². The van der Waals surface area contributed by atoms with E-state index >= 15 is 0 Å². The van der Waals surface area contributed by atoms with E-state index in [0.29, 0.717) is 12.7 Å². The van der Waals surface area contributed by atoms with Gasteiger partial charge in [0.05, 0.1) is 19.6 Å². The molecule has 0 spiro atoms. The highest BCUT2D eigenvalue weighted by Crippen LogP contribution is 2.60. The molecule has 19 heteroatoms. The number of ether oxygens (including phenoxy) is 2. The molecule has 0 aliphatic carbocycles. The third-order valence-electron chi connectivity index (χ3n) is 4.47. The molecule has 0 bridgehead atoms. The van der Waals surface area contributed by atoms with Gasteiger partial charge in [-0.3, -0.25) is 0 Å². The van der Waals surface area contributed by atoms with Gasteiger partial charge in [0.2, 0.25) is 0 Å². The number of esters is 2. The molecule has 0 aromatic rings. The SMILES string of the molecule is C=C(CC=CC(=O)O)C(=O)OCCCC.C=CC(=O)OCCC(F)(F)C(F)(F)C(F)(F)C(F)(F)C(F)(F)C(F)(F)F. The molecule has 0 saturated heterocycles. The summed E-state index contributed by atoms with van der Waals surface area (Å²) in [6, 6.07) is 0. The average Bonchev–Trinajstić information content (AvgIpc) is 2.82. The molecule has 238 valence electrons. The van der Waals surface area contributed by atoms with Crippen molar-refractivity contribution >= 4 is 17.9 Å². The van der Waals surface area contributed by atoms with Gasteiger partial charge in [-0.15, -0.1) is 0 Å². The predicted molar refractivity (Wildman–Crippen MR) is 113 cm³/mol. The second kappa shape index (κ2) is 15.1. The fourth-order valence-electron chi connectivity index (χ4n) is 2.09. The molecule has 0 fully saturated rings. The molecule has 0 aliphatic rings. The Morgan fingerprint density at radius 1 is 0.780 bits per heavy atom. The molecule has 0 rings (SSSR count). The lowest BCUT2D eigenvalue weighted by Crippen LogP contribution is -2.70. The van der Waals surface area contributed by atoms with Gasteiger partial charge < -0.3 is 14.6 Å². The van der Waals surface area contributed by atoms with Crippen LogP contribution in [0.4, 0.5) is 57.1 Å². The fraction of sp³-hybridized carbons (Fsp3) is 0.591. The number of allylic oxidation sites excluding steroid dienone is 1. The molecule has 0 saturated carbocycles. The maximum Gasteiger partial charge on any atom is 0.460 e. The summed E-state index contributed by atoms with van der Waals surface area (Å²) in [5.41, 5.74) is 0.267. The number of alkyl halides is 13. The molecule has 0 radical (unpaired) electrons. The Kier molecular flexibility index (Phi) is 14.7. The quantitative estimate of drug-likeness (QED) is 0.0931. The minimum Gasteiger partial charge on any atom is -0.478 e. The van der Waals surface area contributed by atoms with Crippen molar-refractivity contribution in [3.05, 3.63) is 37.0 Å². The topological polar surface area (TPSA) is 89.9 Å². The number of carboxylic acids is 1. The Balaban J connectivity index is 0. The van der Waals surface area contributed by atoms with Crippen LogP contribution >= 0.6 is 0 Å². The van der Waals surface area contributed by atoms with Crippen molar-refractivity contribution < 1.29 is 86.0 Å². The Morgan fingerprint density at radius 2 is 1.27 bits per heavy atom. The first kappa shape index (κ1) is 39.9. The van der Waals surface area contributed by atoms with E-state index < -0.39 is 66.7 Å². The molecule has 0 amide bonds. The number of aliphatic carboxylic acids is 1. The maximum atomic E-state index is 13.2. The summed E-state index contributed by atoms with van der Waals surface area (Å²) in [5, 5.41) is 8.31. The highest BCUT2D eigenvalue weighted by atomic mass is 19.4. The molecular weight excluding hydrogens is 607 g/mol. The molecular formula is C22H23F13O6.